The molecule has 0 unspecified atom stereocenters. The van der Waals surface area contributed by atoms with Gasteiger partial charge in [-0.2, -0.15) is 0 Å². The summed E-state index contributed by atoms with van der Waals surface area (Å²) in [5.74, 6) is -0.902. The lowest BCUT2D eigenvalue weighted by Crippen LogP contribution is -2.56. The van der Waals surface area contributed by atoms with Gasteiger partial charge in [-0.1, -0.05) is 12.1 Å². The molecule has 1 aromatic rings. The van der Waals surface area contributed by atoms with E-state index in [1.807, 2.05) is 12.1 Å². The number of carboxylic acids is 1. The van der Waals surface area contributed by atoms with Crippen LogP contribution in [0.25, 0.3) is 0 Å². The Morgan fingerprint density at radius 2 is 2.14 bits per heavy atom. The van der Waals surface area contributed by atoms with Gasteiger partial charge in [0.1, 0.15) is 5.60 Å². The molecule has 2 atom stereocenters. The average Bonchev–Trinajstić information content (AvgIpc) is 2.93. The molecule has 5 heteroatoms. The molecule has 2 aliphatic heterocycles. The maximum Gasteiger partial charge on any atom is 0.335 e. The van der Waals surface area contributed by atoms with E-state index in [2.05, 4.69) is 4.90 Å². The summed E-state index contributed by atoms with van der Waals surface area (Å²) in [6.07, 6.45) is 2.29. The molecule has 0 bridgehead atoms. The first kappa shape index (κ1) is 14.5. The molecule has 2 aliphatic rings. The molecule has 3 rings (SSSR count). The van der Waals surface area contributed by atoms with Crippen molar-refractivity contribution in [2.75, 3.05) is 19.7 Å². The van der Waals surface area contributed by atoms with Crippen LogP contribution < -0.4 is 0 Å². The van der Waals surface area contributed by atoms with Gasteiger partial charge in [0, 0.05) is 26.2 Å². The van der Waals surface area contributed by atoms with Gasteiger partial charge in [-0.05, 0) is 37.0 Å². The lowest BCUT2D eigenvalue weighted by molar-refractivity contribution is -0.132. The number of nitrogens with zero attached hydrogens (tertiary/aromatic N) is 1. The number of hydrogen-bond donors (Lipinski definition) is 2. The first-order chi connectivity index (χ1) is 10.1. The van der Waals surface area contributed by atoms with Crippen molar-refractivity contribution in [1.82, 2.24) is 4.90 Å². The Bertz CT molecular complexity index is 508. The molecule has 0 aliphatic carbocycles. The molecule has 1 aromatic carbocycles. The predicted octanol–water partition coefficient (Wildman–Crippen LogP) is 1.50. The highest BCUT2D eigenvalue weighted by Gasteiger charge is 2.45. The molecule has 5 nitrogen and oxygen atoms in total. The summed E-state index contributed by atoms with van der Waals surface area (Å²) in [7, 11) is 0. The number of likely N-dealkylation sites (tertiary alicyclic amines) is 1. The molecule has 2 saturated heterocycles. The lowest BCUT2D eigenvalue weighted by Gasteiger charge is -2.43. The molecule has 0 saturated carbocycles. The number of ether oxygens (including phenoxy) is 1. The summed E-state index contributed by atoms with van der Waals surface area (Å²) >= 11 is 0. The third kappa shape index (κ3) is 2.95. The van der Waals surface area contributed by atoms with Crippen molar-refractivity contribution in [3.05, 3.63) is 35.4 Å². The van der Waals surface area contributed by atoms with Crippen LogP contribution in [0.5, 0.6) is 0 Å². The topological polar surface area (TPSA) is 70.0 Å². The number of carboxylic acid groups (broad SMARTS) is 1. The molecular formula is C16H21NO4. The molecule has 1 spiro atoms. The Morgan fingerprint density at radius 3 is 2.76 bits per heavy atom. The van der Waals surface area contributed by atoms with Gasteiger partial charge in [-0.3, -0.25) is 4.90 Å². The molecule has 0 amide bonds. The van der Waals surface area contributed by atoms with Crippen LogP contribution in [0.2, 0.25) is 0 Å². The molecule has 2 fully saturated rings. The zero-order valence-corrected chi connectivity index (χ0v) is 12.0. The molecule has 114 valence electrons. The maximum absolute atomic E-state index is 10.9. The van der Waals surface area contributed by atoms with Crippen LogP contribution in [0.3, 0.4) is 0 Å². The van der Waals surface area contributed by atoms with E-state index in [4.69, 9.17) is 9.84 Å². The molecular weight excluding hydrogens is 270 g/mol. The SMILES string of the molecule is O=C(O)c1ccc(CN2CC[C@H](O)[C@]3(CCCO3)C2)cc1. The van der Waals surface area contributed by atoms with Crippen molar-refractivity contribution < 1.29 is 19.7 Å². The van der Waals surface area contributed by atoms with Gasteiger partial charge in [0.05, 0.1) is 11.7 Å². The van der Waals surface area contributed by atoms with E-state index < -0.39 is 5.97 Å². The Balaban J connectivity index is 1.66. The van der Waals surface area contributed by atoms with Crippen molar-refractivity contribution in [2.24, 2.45) is 0 Å². The third-order valence-corrected chi connectivity index (χ3v) is 4.56. The molecule has 2 N–H and O–H groups in total. The summed E-state index contributed by atoms with van der Waals surface area (Å²) in [6.45, 7) is 3.08. The van der Waals surface area contributed by atoms with Crippen molar-refractivity contribution in [3.8, 4) is 0 Å². The van der Waals surface area contributed by atoms with Crippen LogP contribution in [-0.4, -0.2) is 52.5 Å². The van der Waals surface area contributed by atoms with Gasteiger partial charge in [-0.25, -0.2) is 4.79 Å². The number of benzene rings is 1. The van der Waals surface area contributed by atoms with E-state index in [-0.39, 0.29) is 11.7 Å². The minimum Gasteiger partial charge on any atom is -0.478 e. The van der Waals surface area contributed by atoms with Crippen molar-refractivity contribution in [1.29, 1.82) is 0 Å². The van der Waals surface area contributed by atoms with Crippen LogP contribution in [0.15, 0.2) is 24.3 Å². The van der Waals surface area contributed by atoms with Crippen LogP contribution >= 0.6 is 0 Å². The van der Waals surface area contributed by atoms with Crippen LogP contribution in [0.4, 0.5) is 0 Å². The standard InChI is InChI=1S/C16H21NO4/c18-14-6-8-17(11-16(14)7-1-9-21-16)10-12-2-4-13(5-3-12)15(19)20/h2-5,14,18H,1,6-11H2,(H,19,20)/t14-,16-/m0/s1. The van der Waals surface area contributed by atoms with E-state index in [0.717, 1.165) is 51.1 Å². The summed E-state index contributed by atoms with van der Waals surface area (Å²) in [6, 6.07) is 6.99. The minimum atomic E-state index is -0.902. The van der Waals surface area contributed by atoms with E-state index in [1.165, 1.54) is 0 Å². The first-order valence-corrected chi connectivity index (χ1v) is 7.46. The van der Waals surface area contributed by atoms with Crippen LogP contribution in [-0.2, 0) is 11.3 Å². The summed E-state index contributed by atoms with van der Waals surface area (Å²) in [5, 5.41) is 19.1. The quantitative estimate of drug-likeness (QED) is 0.883. The number of hydrogen-bond acceptors (Lipinski definition) is 4. The Morgan fingerprint density at radius 1 is 1.38 bits per heavy atom. The zero-order chi connectivity index (χ0) is 14.9. The van der Waals surface area contributed by atoms with Crippen molar-refractivity contribution in [3.63, 3.8) is 0 Å². The second-order valence-electron chi connectivity index (χ2n) is 6.03. The van der Waals surface area contributed by atoms with E-state index in [1.54, 1.807) is 12.1 Å². The number of piperidine rings is 1. The number of carbonyl (C=O) groups is 1. The van der Waals surface area contributed by atoms with Gasteiger partial charge in [-0.15, -0.1) is 0 Å². The highest BCUT2D eigenvalue weighted by atomic mass is 16.5. The number of aromatic carboxylic acids is 1. The van der Waals surface area contributed by atoms with Gasteiger partial charge in [0.2, 0.25) is 0 Å². The fourth-order valence-electron chi connectivity index (χ4n) is 3.38. The Kier molecular flexibility index (Phi) is 3.97. The molecule has 2 heterocycles. The third-order valence-electron chi connectivity index (χ3n) is 4.56. The average molecular weight is 291 g/mol. The molecule has 0 aromatic heterocycles. The van der Waals surface area contributed by atoms with Crippen LogP contribution in [0, 0.1) is 0 Å². The number of aliphatic hydroxyl groups excluding tert-OH is 1. The van der Waals surface area contributed by atoms with Crippen molar-refractivity contribution in [2.45, 2.75) is 37.5 Å². The van der Waals surface area contributed by atoms with Gasteiger partial charge in [0.15, 0.2) is 0 Å². The fourth-order valence-corrected chi connectivity index (χ4v) is 3.38. The molecule has 0 radical (unpaired) electrons. The Hall–Kier alpha value is -1.43. The monoisotopic (exact) mass is 291 g/mol. The molecule has 21 heavy (non-hydrogen) atoms. The number of aliphatic hydroxyl groups is 1. The summed E-state index contributed by atoms with van der Waals surface area (Å²) in [4.78, 5) is 13.1. The zero-order valence-electron chi connectivity index (χ0n) is 12.0. The van der Waals surface area contributed by atoms with Gasteiger partial charge < -0.3 is 14.9 Å². The van der Waals surface area contributed by atoms with Crippen LogP contribution in [0.1, 0.15) is 35.2 Å². The fraction of sp³-hybridized carbons (Fsp3) is 0.562. The minimum absolute atomic E-state index is 0.309. The van der Waals surface area contributed by atoms with Crippen molar-refractivity contribution >= 4 is 5.97 Å². The summed E-state index contributed by atoms with van der Waals surface area (Å²) < 4.78 is 5.84. The van der Waals surface area contributed by atoms with E-state index in [0.29, 0.717) is 5.56 Å². The second-order valence-corrected chi connectivity index (χ2v) is 6.03. The maximum atomic E-state index is 10.9. The van der Waals surface area contributed by atoms with E-state index in [9.17, 15) is 9.90 Å². The lowest BCUT2D eigenvalue weighted by atomic mass is 9.87. The highest BCUT2D eigenvalue weighted by molar-refractivity contribution is 5.87. The normalized spacial score (nSPS) is 29.9. The predicted molar refractivity (Wildman–Crippen MR) is 77.2 cm³/mol. The van der Waals surface area contributed by atoms with Gasteiger partial charge in [0.25, 0.3) is 0 Å². The first-order valence-electron chi connectivity index (χ1n) is 7.46. The second kappa shape index (κ2) is 5.75. The Labute approximate surface area is 124 Å². The van der Waals surface area contributed by atoms with Gasteiger partial charge >= 0.3 is 5.97 Å². The highest BCUT2D eigenvalue weighted by Crippen LogP contribution is 2.35. The summed E-state index contributed by atoms with van der Waals surface area (Å²) in [5.41, 5.74) is 1.01. The largest absolute Gasteiger partial charge is 0.478 e. The number of rotatable bonds is 3. The van der Waals surface area contributed by atoms with E-state index >= 15 is 0 Å². The smallest absolute Gasteiger partial charge is 0.335 e.